The van der Waals surface area contributed by atoms with E-state index >= 15 is 0 Å². The van der Waals surface area contributed by atoms with E-state index in [9.17, 15) is 14.4 Å². The fourth-order valence-electron chi connectivity index (χ4n) is 3.75. The first-order valence-electron chi connectivity index (χ1n) is 12.6. The predicted octanol–water partition coefficient (Wildman–Crippen LogP) is 7.29. The predicted molar refractivity (Wildman–Crippen MR) is 166 cm³/mol. The smallest absolute Gasteiger partial charge is 0.272 e. The Morgan fingerprint density at radius 1 is 0.825 bits per heavy atom. The molecule has 0 aromatic heterocycles. The molecule has 0 saturated carbocycles. The van der Waals surface area contributed by atoms with Gasteiger partial charge in [0.05, 0.1) is 10.9 Å². The lowest BCUT2D eigenvalue weighted by molar-refractivity contribution is -0.115. The molecule has 8 heteroatoms. The highest BCUT2D eigenvalue weighted by Crippen LogP contribution is 2.28. The van der Waals surface area contributed by atoms with Crippen molar-refractivity contribution < 1.29 is 14.4 Å². The van der Waals surface area contributed by atoms with Crippen molar-refractivity contribution in [2.24, 2.45) is 0 Å². The highest BCUT2D eigenvalue weighted by Gasteiger charge is 2.18. The zero-order valence-corrected chi connectivity index (χ0v) is 24.4. The summed E-state index contributed by atoms with van der Waals surface area (Å²) in [6.45, 7) is 3.76. The highest BCUT2D eigenvalue weighted by atomic mass is 79.9. The van der Waals surface area contributed by atoms with Crippen LogP contribution in [0.15, 0.2) is 118 Å². The van der Waals surface area contributed by atoms with Gasteiger partial charge in [0.1, 0.15) is 5.70 Å². The normalized spacial score (nSPS) is 11.8. The van der Waals surface area contributed by atoms with Gasteiger partial charge in [-0.2, -0.15) is 0 Å². The number of aryl methyl sites for hydroxylation is 1. The number of amides is 3. The summed E-state index contributed by atoms with van der Waals surface area (Å²) in [7, 11) is 0. The van der Waals surface area contributed by atoms with E-state index in [0.29, 0.717) is 16.9 Å². The molecule has 6 nitrogen and oxygen atoms in total. The van der Waals surface area contributed by atoms with Crippen molar-refractivity contribution in [2.75, 3.05) is 10.6 Å². The minimum Gasteiger partial charge on any atom is -0.324 e. The highest BCUT2D eigenvalue weighted by molar-refractivity contribution is 9.10. The van der Waals surface area contributed by atoms with E-state index in [1.165, 1.54) is 11.8 Å². The van der Waals surface area contributed by atoms with Gasteiger partial charge in [-0.15, -0.1) is 11.8 Å². The lowest BCUT2D eigenvalue weighted by Gasteiger charge is -2.15. The lowest BCUT2D eigenvalue weighted by atomic mass is 10.1. The van der Waals surface area contributed by atoms with Crippen LogP contribution in [0, 0.1) is 6.92 Å². The second-order valence-electron chi connectivity index (χ2n) is 8.95. The summed E-state index contributed by atoms with van der Waals surface area (Å²) in [5, 5.41) is 8.19. The molecule has 1 unspecified atom stereocenters. The molecule has 0 bridgehead atoms. The Morgan fingerprint density at radius 3 is 2.27 bits per heavy atom. The van der Waals surface area contributed by atoms with Crippen LogP contribution in [0.3, 0.4) is 0 Å². The number of carbonyl (C=O) groups excluding carboxylic acids is 3. The molecule has 3 N–H and O–H groups in total. The van der Waals surface area contributed by atoms with Crippen LogP contribution in [0.4, 0.5) is 11.4 Å². The number of thioether (sulfide) groups is 1. The fraction of sp³-hybridized carbons (Fsp3) is 0.0938. The monoisotopic (exact) mass is 613 g/mol. The van der Waals surface area contributed by atoms with Gasteiger partial charge in [-0.05, 0) is 89.4 Å². The van der Waals surface area contributed by atoms with Crippen LogP contribution in [-0.4, -0.2) is 23.0 Å². The van der Waals surface area contributed by atoms with Crippen LogP contribution >= 0.6 is 27.7 Å². The summed E-state index contributed by atoms with van der Waals surface area (Å²) in [6.07, 6.45) is 1.66. The molecular formula is C32H28BrN3O3S. The third kappa shape index (κ3) is 7.94. The van der Waals surface area contributed by atoms with Crippen LogP contribution in [0.1, 0.15) is 28.4 Å². The van der Waals surface area contributed by atoms with Crippen molar-refractivity contribution in [3.63, 3.8) is 0 Å². The minimum absolute atomic E-state index is 0.113. The average molecular weight is 615 g/mol. The van der Waals surface area contributed by atoms with E-state index in [1.54, 1.807) is 42.5 Å². The number of nitrogens with one attached hydrogen (secondary N) is 3. The summed E-state index contributed by atoms with van der Waals surface area (Å²) in [4.78, 5) is 39.9. The summed E-state index contributed by atoms with van der Waals surface area (Å²) in [6, 6.07) is 31.0. The number of anilines is 2. The van der Waals surface area contributed by atoms with Crippen molar-refractivity contribution >= 4 is 62.9 Å². The number of hydrogen-bond acceptors (Lipinski definition) is 4. The second-order valence-corrected chi connectivity index (χ2v) is 11.2. The largest absolute Gasteiger partial charge is 0.324 e. The Bertz CT molecular complexity index is 1560. The van der Waals surface area contributed by atoms with Gasteiger partial charge in [-0.25, -0.2) is 0 Å². The zero-order chi connectivity index (χ0) is 28.5. The number of rotatable bonds is 9. The minimum atomic E-state index is -0.464. The molecule has 3 amide bonds. The maximum atomic E-state index is 13.4. The topological polar surface area (TPSA) is 87.3 Å². The number of halogens is 1. The molecule has 4 aromatic carbocycles. The first kappa shape index (κ1) is 28.9. The zero-order valence-electron chi connectivity index (χ0n) is 22.0. The SMILES string of the molecule is Cc1ccccc1/C=C(\NC(=O)c1ccccc1)C(=O)Nc1cccc(SC(C)C(=O)Nc2ccccc2Br)c1. The van der Waals surface area contributed by atoms with E-state index in [4.69, 9.17) is 0 Å². The van der Waals surface area contributed by atoms with Crippen LogP contribution in [0.2, 0.25) is 0 Å². The molecule has 0 heterocycles. The molecule has 202 valence electrons. The van der Waals surface area contributed by atoms with Crippen molar-refractivity contribution in [2.45, 2.75) is 24.0 Å². The molecule has 0 spiro atoms. The number of para-hydroxylation sites is 1. The van der Waals surface area contributed by atoms with Gasteiger partial charge in [-0.1, -0.05) is 60.7 Å². The van der Waals surface area contributed by atoms with E-state index in [1.807, 2.05) is 80.6 Å². The van der Waals surface area contributed by atoms with E-state index < -0.39 is 5.91 Å². The molecule has 4 rings (SSSR count). The van der Waals surface area contributed by atoms with Gasteiger partial charge in [0.2, 0.25) is 5.91 Å². The van der Waals surface area contributed by atoms with Gasteiger partial charge in [0, 0.05) is 20.6 Å². The molecule has 0 fully saturated rings. The van der Waals surface area contributed by atoms with E-state index in [0.717, 1.165) is 20.5 Å². The summed E-state index contributed by atoms with van der Waals surface area (Å²) < 4.78 is 0.805. The Kier molecular flexibility index (Phi) is 9.94. The third-order valence-electron chi connectivity index (χ3n) is 5.92. The second kappa shape index (κ2) is 13.8. The maximum Gasteiger partial charge on any atom is 0.272 e. The van der Waals surface area contributed by atoms with Gasteiger partial charge >= 0.3 is 0 Å². The molecule has 0 aliphatic rings. The van der Waals surface area contributed by atoms with Crippen molar-refractivity contribution in [3.05, 3.63) is 130 Å². The molecule has 0 saturated heterocycles. The van der Waals surface area contributed by atoms with Gasteiger partial charge in [-0.3, -0.25) is 14.4 Å². The molecule has 40 heavy (non-hydrogen) atoms. The average Bonchev–Trinajstić information content (AvgIpc) is 2.95. The van der Waals surface area contributed by atoms with Crippen molar-refractivity contribution in [1.29, 1.82) is 0 Å². The molecular weight excluding hydrogens is 586 g/mol. The Balaban J connectivity index is 1.49. The number of benzene rings is 4. The van der Waals surface area contributed by atoms with E-state index in [2.05, 4.69) is 31.9 Å². The number of carbonyl (C=O) groups is 3. The Labute approximate surface area is 246 Å². The standard InChI is InChI=1S/C32H28BrN3O3S/c1-21-11-6-7-14-24(21)19-29(36-31(38)23-12-4-3-5-13-23)32(39)34-25-15-10-16-26(20-25)40-22(2)30(37)35-28-18-9-8-17-27(28)33/h3-20,22H,1-2H3,(H,34,39)(H,35,37)(H,36,38)/b29-19-. The molecule has 0 radical (unpaired) electrons. The van der Waals surface area contributed by atoms with Crippen molar-refractivity contribution in [1.82, 2.24) is 5.32 Å². The van der Waals surface area contributed by atoms with Crippen molar-refractivity contribution in [3.8, 4) is 0 Å². The molecule has 1 atom stereocenters. The first-order valence-corrected chi connectivity index (χ1v) is 14.2. The van der Waals surface area contributed by atoms with Gasteiger partial charge < -0.3 is 16.0 Å². The Hall–Kier alpha value is -4.14. The summed E-state index contributed by atoms with van der Waals surface area (Å²) in [5.74, 6) is -0.988. The number of hydrogen-bond donors (Lipinski definition) is 3. The quantitative estimate of drug-likeness (QED) is 0.137. The lowest BCUT2D eigenvalue weighted by Crippen LogP contribution is -2.30. The molecule has 0 aliphatic carbocycles. The van der Waals surface area contributed by atoms with E-state index in [-0.39, 0.29) is 22.8 Å². The van der Waals surface area contributed by atoms with Gasteiger partial charge in [0.25, 0.3) is 11.8 Å². The summed E-state index contributed by atoms with van der Waals surface area (Å²) >= 11 is 4.82. The third-order valence-corrected chi connectivity index (χ3v) is 7.71. The van der Waals surface area contributed by atoms with Crippen LogP contribution in [0.5, 0.6) is 0 Å². The van der Waals surface area contributed by atoms with Crippen LogP contribution < -0.4 is 16.0 Å². The Morgan fingerprint density at radius 2 is 1.52 bits per heavy atom. The summed E-state index contributed by atoms with van der Waals surface area (Å²) in [5.41, 5.74) is 3.58. The maximum absolute atomic E-state index is 13.4. The van der Waals surface area contributed by atoms with Gasteiger partial charge in [0.15, 0.2) is 0 Å². The fourth-order valence-corrected chi connectivity index (χ4v) is 5.06. The first-order chi connectivity index (χ1) is 19.3. The van der Waals surface area contributed by atoms with Crippen LogP contribution in [-0.2, 0) is 9.59 Å². The molecule has 0 aliphatic heterocycles. The van der Waals surface area contributed by atoms with Crippen LogP contribution in [0.25, 0.3) is 6.08 Å². The molecule has 4 aromatic rings.